The highest BCUT2D eigenvalue weighted by atomic mass is 15.1. The van der Waals surface area contributed by atoms with Gasteiger partial charge in [-0.1, -0.05) is 48.5 Å². The third-order valence-corrected chi connectivity index (χ3v) is 7.01. The molecule has 0 saturated heterocycles. The van der Waals surface area contributed by atoms with Gasteiger partial charge in [-0.3, -0.25) is 0 Å². The fraction of sp³-hybridized carbons (Fsp3) is 0.214. The molecule has 2 aromatic heterocycles. The van der Waals surface area contributed by atoms with Crippen molar-refractivity contribution in [2.75, 3.05) is 0 Å². The molecule has 0 spiro atoms. The number of rotatable bonds is 4. The molecule has 0 aliphatic carbocycles. The first kappa shape index (κ1) is 20.5. The Morgan fingerprint density at radius 3 is 1.44 bits per heavy atom. The van der Waals surface area contributed by atoms with E-state index in [2.05, 4.69) is 96.2 Å². The SMILES string of the molecule is CC(C)(C1=NC(=C2N=CC(C(C)(C)c3[nH]cc4ccccc34)=N2)N=C1)c1[nH]cc2ccccc12. The lowest BCUT2D eigenvalue weighted by Gasteiger charge is -2.23. The molecule has 34 heavy (non-hydrogen) atoms. The molecule has 6 heteroatoms. The number of hydrogen-bond donors (Lipinski definition) is 2. The fourth-order valence-corrected chi connectivity index (χ4v) is 4.85. The molecule has 2 N–H and O–H groups in total. The van der Waals surface area contributed by atoms with Crippen LogP contribution in [0.25, 0.3) is 21.5 Å². The molecule has 168 valence electrons. The normalized spacial score (nSPS) is 18.4. The Morgan fingerprint density at radius 1 is 0.588 bits per heavy atom. The van der Waals surface area contributed by atoms with Crippen LogP contribution in [0.15, 0.2) is 92.5 Å². The third-order valence-electron chi connectivity index (χ3n) is 7.01. The summed E-state index contributed by atoms with van der Waals surface area (Å²) in [6, 6.07) is 16.7. The Labute approximate surface area is 198 Å². The van der Waals surface area contributed by atoms with Gasteiger partial charge in [0.25, 0.3) is 0 Å². The number of fused-ring (bicyclic) bond motifs is 2. The van der Waals surface area contributed by atoms with E-state index in [9.17, 15) is 0 Å². The Morgan fingerprint density at radius 2 is 1.00 bits per heavy atom. The molecule has 0 bridgehead atoms. The smallest absolute Gasteiger partial charge is 0.198 e. The van der Waals surface area contributed by atoms with Gasteiger partial charge < -0.3 is 9.97 Å². The summed E-state index contributed by atoms with van der Waals surface area (Å²) in [7, 11) is 0. The van der Waals surface area contributed by atoms with Gasteiger partial charge in [-0.2, -0.15) is 0 Å². The highest BCUT2D eigenvalue weighted by Crippen LogP contribution is 2.35. The minimum absolute atomic E-state index is 0.341. The Balaban J connectivity index is 1.35. The average molecular weight is 447 g/mol. The Hall–Kier alpha value is -4.06. The molecule has 4 aromatic rings. The highest BCUT2D eigenvalue weighted by molar-refractivity contribution is 6.38. The van der Waals surface area contributed by atoms with Crippen molar-refractivity contribution in [2.24, 2.45) is 20.0 Å². The fourth-order valence-electron chi connectivity index (χ4n) is 4.85. The predicted molar refractivity (Wildman–Crippen MR) is 142 cm³/mol. The van der Waals surface area contributed by atoms with E-state index in [1.54, 1.807) is 0 Å². The summed E-state index contributed by atoms with van der Waals surface area (Å²) in [6.07, 6.45) is 7.76. The molecule has 2 aliphatic heterocycles. The number of hydrogen-bond acceptors (Lipinski definition) is 4. The maximum Gasteiger partial charge on any atom is 0.198 e. The zero-order valence-electron chi connectivity index (χ0n) is 19.7. The second kappa shape index (κ2) is 7.22. The average Bonchev–Trinajstić information content (AvgIpc) is 3.63. The summed E-state index contributed by atoms with van der Waals surface area (Å²) in [5, 5.41) is 4.77. The highest BCUT2D eigenvalue weighted by Gasteiger charge is 2.34. The molecule has 0 fully saturated rings. The molecule has 2 aliphatic rings. The first-order valence-electron chi connectivity index (χ1n) is 11.5. The number of nitrogens with zero attached hydrogens (tertiary/aromatic N) is 4. The zero-order valence-corrected chi connectivity index (χ0v) is 19.7. The number of aromatic nitrogens is 2. The summed E-state index contributed by atoms with van der Waals surface area (Å²) < 4.78 is 0. The lowest BCUT2D eigenvalue weighted by molar-refractivity contribution is 0.707. The molecule has 0 atom stereocenters. The summed E-state index contributed by atoms with van der Waals surface area (Å²) >= 11 is 0. The van der Waals surface area contributed by atoms with Gasteiger partial charge in [-0.25, -0.2) is 20.0 Å². The van der Waals surface area contributed by atoms with E-state index in [4.69, 9.17) is 9.98 Å². The molecular formula is C28H26N6. The van der Waals surface area contributed by atoms with Crippen molar-refractivity contribution in [3.8, 4) is 0 Å². The van der Waals surface area contributed by atoms with Crippen molar-refractivity contribution in [1.29, 1.82) is 0 Å². The topological polar surface area (TPSA) is 81.0 Å². The van der Waals surface area contributed by atoms with Crippen molar-refractivity contribution < 1.29 is 0 Å². The largest absolute Gasteiger partial charge is 0.363 e. The summed E-state index contributed by atoms with van der Waals surface area (Å²) in [6.45, 7) is 8.65. The zero-order chi connectivity index (χ0) is 23.5. The third kappa shape index (κ3) is 3.02. The quantitative estimate of drug-likeness (QED) is 0.381. The summed E-state index contributed by atoms with van der Waals surface area (Å²) in [5.41, 5.74) is 3.34. The van der Waals surface area contributed by atoms with Gasteiger partial charge in [0, 0.05) is 45.4 Å². The molecule has 0 radical (unpaired) electrons. The number of nitrogens with one attached hydrogen (secondary N) is 2. The van der Waals surface area contributed by atoms with Crippen molar-refractivity contribution in [3.63, 3.8) is 0 Å². The first-order valence-corrected chi connectivity index (χ1v) is 11.5. The van der Waals surface area contributed by atoms with Gasteiger partial charge in [0.05, 0.1) is 23.9 Å². The molecule has 0 saturated carbocycles. The Kier molecular flexibility index (Phi) is 4.36. The van der Waals surface area contributed by atoms with Crippen LogP contribution in [-0.4, -0.2) is 33.8 Å². The molecule has 6 nitrogen and oxygen atoms in total. The number of aromatic amines is 2. The number of H-pyrrole nitrogens is 2. The van der Waals surface area contributed by atoms with Crippen LogP contribution < -0.4 is 0 Å². The Bertz CT molecular complexity index is 1480. The van der Waals surface area contributed by atoms with Crippen molar-refractivity contribution >= 4 is 45.4 Å². The van der Waals surface area contributed by atoms with Crippen LogP contribution in [0.1, 0.15) is 39.1 Å². The van der Waals surface area contributed by atoms with Gasteiger partial charge in [-0.05, 0) is 38.5 Å². The minimum atomic E-state index is -0.341. The summed E-state index contributed by atoms with van der Waals surface area (Å²) in [4.78, 5) is 25.8. The van der Waals surface area contributed by atoms with Crippen LogP contribution in [0.5, 0.6) is 0 Å². The second-order valence-corrected chi connectivity index (χ2v) is 9.91. The van der Waals surface area contributed by atoms with Crippen molar-refractivity contribution in [1.82, 2.24) is 9.97 Å². The maximum atomic E-state index is 4.86. The standard InChI is InChI=1S/C28H26N6/c1-27(2,23-19-11-7-5-9-17(19)13-29-23)21-15-31-25(33-21)26-32-16-22(34-26)28(3,4)24-20-12-8-6-10-18(20)14-30-24/h5-16,29-30H,1-4H3. The lowest BCUT2D eigenvalue weighted by atomic mass is 9.82. The molecular weight excluding hydrogens is 420 g/mol. The van der Waals surface area contributed by atoms with Gasteiger partial charge in [0.15, 0.2) is 11.6 Å². The van der Waals surface area contributed by atoms with E-state index in [-0.39, 0.29) is 10.8 Å². The molecule has 6 rings (SSSR count). The monoisotopic (exact) mass is 446 g/mol. The van der Waals surface area contributed by atoms with E-state index in [0.29, 0.717) is 11.6 Å². The van der Waals surface area contributed by atoms with Crippen LogP contribution in [0.3, 0.4) is 0 Å². The van der Waals surface area contributed by atoms with Gasteiger partial charge in [0.1, 0.15) is 0 Å². The van der Waals surface area contributed by atoms with E-state index in [0.717, 1.165) is 22.8 Å². The molecule has 0 amide bonds. The molecule has 0 unspecified atom stereocenters. The predicted octanol–water partition coefficient (Wildman–Crippen LogP) is 6.08. The van der Waals surface area contributed by atoms with E-state index in [1.165, 1.54) is 21.5 Å². The van der Waals surface area contributed by atoms with Crippen molar-refractivity contribution in [3.05, 3.63) is 84.0 Å². The second-order valence-electron chi connectivity index (χ2n) is 9.91. The van der Waals surface area contributed by atoms with Crippen LogP contribution in [0.2, 0.25) is 0 Å². The summed E-state index contributed by atoms with van der Waals surface area (Å²) in [5.74, 6) is 1.11. The van der Waals surface area contributed by atoms with E-state index >= 15 is 0 Å². The van der Waals surface area contributed by atoms with Crippen LogP contribution >= 0.6 is 0 Å². The van der Waals surface area contributed by atoms with Crippen LogP contribution in [0, 0.1) is 0 Å². The minimum Gasteiger partial charge on any atom is -0.363 e. The first-order chi connectivity index (χ1) is 16.4. The van der Waals surface area contributed by atoms with Gasteiger partial charge >= 0.3 is 0 Å². The number of aliphatic imine (C=N–C) groups is 4. The lowest BCUT2D eigenvalue weighted by Crippen LogP contribution is -2.29. The van der Waals surface area contributed by atoms with Gasteiger partial charge in [0.2, 0.25) is 0 Å². The maximum absolute atomic E-state index is 4.86. The molecule has 4 heterocycles. The van der Waals surface area contributed by atoms with E-state index in [1.807, 2.05) is 24.8 Å². The van der Waals surface area contributed by atoms with Crippen LogP contribution in [-0.2, 0) is 10.8 Å². The van der Waals surface area contributed by atoms with E-state index < -0.39 is 0 Å². The van der Waals surface area contributed by atoms with Crippen molar-refractivity contribution in [2.45, 2.75) is 38.5 Å². The molecule has 2 aromatic carbocycles. The van der Waals surface area contributed by atoms with Gasteiger partial charge in [-0.15, -0.1) is 0 Å². The van der Waals surface area contributed by atoms with Crippen LogP contribution in [0.4, 0.5) is 0 Å². The number of benzene rings is 2.